The second-order valence-corrected chi connectivity index (χ2v) is 5.39. The van der Waals surface area contributed by atoms with Gasteiger partial charge in [0, 0.05) is 30.1 Å². The van der Waals surface area contributed by atoms with Gasteiger partial charge >= 0.3 is 5.69 Å². The number of thioether (sulfide) groups is 1. The molecule has 0 saturated heterocycles. The summed E-state index contributed by atoms with van der Waals surface area (Å²) in [5.41, 5.74) is 0.776. The predicted molar refractivity (Wildman–Crippen MR) is 83.5 cm³/mol. The molecule has 1 rings (SSSR count). The highest BCUT2D eigenvalue weighted by molar-refractivity contribution is 7.99. The summed E-state index contributed by atoms with van der Waals surface area (Å²) in [4.78, 5) is 10.5. The van der Waals surface area contributed by atoms with Gasteiger partial charge in [0.15, 0.2) is 5.75 Å². The standard InChI is InChI=1S/C14H18N2O3S/c1-4-8-20-9-7-15-12-5-6-13(16(17)18)14(10-12)19-11(2)3/h1,5-6,10-11,15H,7-9H2,2-3H3. The summed E-state index contributed by atoms with van der Waals surface area (Å²) in [6.07, 6.45) is 5.05. The third-order valence-corrected chi connectivity index (χ3v) is 3.14. The van der Waals surface area contributed by atoms with E-state index in [1.165, 1.54) is 6.07 Å². The van der Waals surface area contributed by atoms with Crippen LogP contribution in [0.25, 0.3) is 0 Å². The maximum Gasteiger partial charge on any atom is 0.311 e. The maximum absolute atomic E-state index is 10.9. The first-order valence-corrected chi connectivity index (χ1v) is 7.40. The molecule has 1 aromatic rings. The molecule has 6 heteroatoms. The number of anilines is 1. The summed E-state index contributed by atoms with van der Waals surface area (Å²) in [5.74, 6) is 4.40. The Morgan fingerprint density at radius 2 is 2.30 bits per heavy atom. The zero-order valence-electron chi connectivity index (χ0n) is 11.6. The van der Waals surface area contributed by atoms with Crippen LogP contribution in [0.15, 0.2) is 18.2 Å². The van der Waals surface area contributed by atoms with Gasteiger partial charge in [-0.2, -0.15) is 0 Å². The molecule has 0 unspecified atom stereocenters. The number of nitro benzene ring substituents is 1. The molecule has 1 N–H and O–H groups in total. The second kappa shape index (κ2) is 8.33. The zero-order valence-corrected chi connectivity index (χ0v) is 12.4. The van der Waals surface area contributed by atoms with E-state index in [4.69, 9.17) is 11.2 Å². The number of benzene rings is 1. The number of hydrogen-bond donors (Lipinski definition) is 1. The smallest absolute Gasteiger partial charge is 0.311 e. The van der Waals surface area contributed by atoms with Gasteiger partial charge in [0.1, 0.15) is 0 Å². The van der Waals surface area contributed by atoms with E-state index in [2.05, 4.69) is 11.2 Å². The molecule has 0 radical (unpaired) electrons. The molecular weight excluding hydrogens is 276 g/mol. The SMILES string of the molecule is C#CCSCCNc1ccc([N+](=O)[O-])c(OC(C)C)c1. The quantitative estimate of drug-likeness (QED) is 0.345. The van der Waals surface area contributed by atoms with Crippen LogP contribution >= 0.6 is 11.8 Å². The minimum Gasteiger partial charge on any atom is -0.484 e. The first-order chi connectivity index (χ1) is 9.54. The number of rotatable bonds is 8. The second-order valence-electron chi connectivity index (χ2n) is 4.29. The molecule has 0 amide bonds. The van der Waals surface area contributed by atoms with Crippen molar-refractivity contribution in [1.29, 1.82) is 0 Å². The fourth-order valence-electron chi connectivity index (χ4n) is 1.52. The van der Waals surface area contributed by atoms with E-state index in [1.807, 2.05) is 13.8 Å². The highest BCUT2D eigenvalue weighted by Crippen LogP contribution is 2.30. The van der Waals surface area contributed by atoms with Crippen molar-refractivity contribution in [2.45, 2.75) is 20.0 Å². The van der Waals surface area contributed by atoms with Crippen LogP contribution in [0, 0.1) is 22.5 Å². The Labute approximate surface area is 123 Å². The van der Waals surface area contributed by atoms with Crippen molar-refractivity contribution in [1.82, 2.24) is 0 Å². The van der Waals surface area contributed by atoms with Crippen molar-refractivity contribution in [2.24, 2.45) is 0 Å². The minimum absolute atomic E-state index is 0.0223. The monoisotopic (exact) mass is 294 g/mol. The molecule has 0 spiro atoms. The Balaban J connectivity index is 2.69. The third kappa shape index (κ3) is 5.41. The largest absolute Gasteiger partial charge is 0.484 e. The Morgan fingerprint density at radius 3 is 2.90 bits per heavy atom. The van der Waals surface area contributed by atoms with Gasteiger partial charge < -0.3 is 10.1 Å². The summed E-state index contributed by atoms with van der Waals surface area (Å²) in [5, 5.41) is 14.1. The van der Waals surface area contributed by atoms with E-state index in [0.29, 0.717) is 5.75 Å². The predicted octanol–water partition coefficient (Wildman–Crippen LogP) is 3.16. The first kappa shape index (κ1) is 16.2. The van der Waals surface area contributed by atoms with Gasteiger partial charge in [0.25, 0.3) is 0 Å². The Morgan fingerprint density at radius 1 is 1.55 bits per heavy atom. The zero-order chi connectivity index (χ0) is 15.0. The molecule has 5 nitrogen and oxygen atoms in total. The van der Waals surface area contributed by atoms with Crippen LogP contribution in [0.2, 0.25) is 0 Å². The van der Waals surface area contributed by atoms with E-state index >= 15 is 0 Å². The fourth-order valence-corrected chi connectivity index (χ4v) is 2.03. The van der Waals surface area contributed by atoms with Crippen LogP contribution in [0.4, 0.5) is 11.4 Å². The lowest BCUT2D eigenvalue weighted by atomic mass is 10.2. The molecule has 0 aliphatic carbocycles. The van der Waals surface area contributed by atoms with Crippen LogP contribution in [0.1, 0.15) is 13.8 Å². The van der Waals surface area contributed by atoms with E-state index in [-0.39, 0.29) is 17.5 Å². The number of nitro groups is 1. The minimum atomic E-state index is -0.440. The average molecular weight is 294 g/mol. The summed E-state index contributed by atoms with van der Waals surface area (Å²) < 4.78 is 5.48. The van der Waals surface area contributed by atoms with Crippen molar-refractivity contribution >= 4 is 23.1 Å². The van der Waals surface area contributed by atoms with Crippen LogP contribution in [0.3, 0.4) is 0 Å². The van der Waals surface area contributed by atoms with Gasteiger partial charge in [0.05, 0.1) is 16.8 Å². The molecule has 108 valence electrons. The van der Waals surface area contributed by atoms with Crippen molar-refractivity contribution in [3.63, 3.8) is 0 Å². The van der Waals surface area contributed by atoms with Gasteiger partial charge in [-0.05, 0) is 19.9 Å². The van der Waals surface area contributed by atoms with Gasteiger partial charge in [-0.3, -0.25) is 10.1 Å². The van der Waals surface area contributed by atoms with E-state index in [9.17, 15) is 10.1 Å². The molecule has 20 heavy (non-hydrogen) atoms. The highest BCUT2D eigenvalue weighted by atomic mass is 32.2. The Hall–Kier alpha value is -1.87. The number of nitrogens with one attached hydrogen (secondary N) is 1. The Kier molecular flexibility index (Phi) is 6.74. The molecule has 0 aliphatic rings. The number of ether oxygens (including phenoxy) is 1. The molecule has 0 fully saturated rings. The molecule has 0 aromatic heterocycles. The summed E-state index contributed by atoms with van der Waals surface area (Å²) in [6, 6.07) is 4.79. The van der Waals surface area contributed by atoms with Crippen LogP contribution in [-0.2, 0) is 0 Å². The van der Waals surface area contributed by atoms with Gasteiger partial charge in [-0.1, -0.05) is 5.92 Å². The number of nitrogens with zero attached hydrogens (tertiary/aromatic N) is 1. The molecule has 1 aromatic carbocycles. The van der Waals surface area contributed by atoms with Crippen LogP contribution in [-0.4, -0.2) is 29.1 Å². The topological polar surface area (TPSA) is 64.4 Å². The van der Waals surface area contributed by atoms with Gasteiger partial charge in [0.2, 0.25) is 0 Å². The van der Waals surface area contributed by atoms with Crippen molar-refractivity contribution in [3.8, 4) is 18.1 Å². The van der Waals surface area contributed by atoms with Crippen molar-refractivity contribution < 1.29 is 9.66 Å². The van der Waals surface area contributed by atoms with E-state index in [0.717, 1.165) is 18.0 Å². The molecule has 0 saturated carbocycles. The van der Waals surface area contributed by atoms with E-state index in [1.54, 1.807) is 23.9 Å². The molecule has 0 heterocycles. The molecular formula is C14H18N2O3S. The maximum atomic E-state index is 10.9. The molecule has 0 atom stereocenters. The third-order valence-electron chi connectivity index (χ3n) is 2.28. The lowest BCUT2D eigenvalue weighted by molar-refractivity contribution is -0.386. The summed E-state index contributed by atoms with van der Waals surface area (Å²) >= 11 is 1.66. The molecule has 0 bridgehead atoms. The van der Waals surface area contributed by atoms with Gasteiger partial charge in [-0.25, -0.2) is 0 Å². The summed E-state index contributed by atoms with van der Waals surface area (Å²) in [7, 11) is 0. The molecule has 0 aliphatic heterocycles. The van der Waals surface area contributed by atoms with Crippen LogP contribution in [0.5, 0.6) is 5.75 Å². The lowest BCUT2D eigenvalue weighted by Crippen LogP contribution is -2.09. The number of terminal acetylenes is 1. The number of hydrogen-bond acceptors (Lipinski definition) is 5. The highest BCUT2D eigenvalue weighted by Gasteiger charge is 2.16. The van der Waals surface area contributed by atoms with Crippen molar-refractivity contribution in [2.75, 3.05) is 23.4 Å². The van der Waals surface area contributed by atoms with Crippen molar-refractivity contribution in [3.05, 3.63) is 28.3 Å². The van der Waals surface area contributed by atoms with Gasteiger partial charge in [-0.15, -0.1) is 18.2 Å². The van der Waals surface area contributed by atoms with Crippen LogP contribution < -0.4 is 10.1 Å². The lowest BCUT2D eigenvalue weighted by Gasteiger charge is -2.12. The normalized spacial score (nSPS) is 10.1. The summed E-state index contributed by atoms with van der Waals surface area (Å²) in [6.45, 7) is 4.41. The Bertz CT molecular complexity index is 498. The van der Waals surface area contributed by atoms with E-state index < -0.39 is 4.92 Å². The fraction of sp³-hybridized carbons (Fsp3) is 0.429. The average Bonchev–Trinajstić information content (AvgIpc) is 2.37. The first-order valence-electron chi connectivity index (χ1n) is 6.24.